The van der Waals surface area contributed by atoms with E-state index in [0.29, 0.717) is 0 Å². The van der Waals surface area contributed by atoms with Crippen LogP contribution in [0.15, 0.2) is 24.3 Å². The third-order valence-electron chi connectivity index (χ3n) is 2.49. The summed E-state index contributed by atoms with van der Waals surface area (Å²) in [5.74, 6) is 0. The molecule has 2 heterocycles. The van der Waals surface area contributed by atoms with E-state index >= 15 is 0 Å². The molecule has 70 valence electrons. The molecule has 14 heavy (non-hydrogen) atoms. The van der Waals surface area contributed by atoms with Crippen LogP contribution in [0.25, 0.3) is 19.5 Å². The Balaban J connectivity index is 2.59. The minimum atomic E-state index is 1.40. The van der Waals surface area contributed by atoms with Crippen molar-refractivity contribution >= 4 is 42.2 Å². The van der Waals surface area contributed by atoms with Gasteiger partial charge in [-0.05, 0) is 25.5 Å². The largest absolute Gasteiger partial charge is 0.139 e. The van der Waals surface area contributed by atoms with Gasteiger partial charge in [0.05, 0.1) is 4.70 Å². The molecule has 0 spiro atoms. The van der Waals surface area contributed by atoms with Crippen molar-refractivity contribution in [2.75, 3.05) is 0 Å². The Morgan fingerprint density at radius 1 is 1.00 bits per heavy atom. The van der Waals surface area contributed by atoms with Crippen molar-refractivity contribution in [3.63, 3.8) is 0 Å². The van der Waals surface area contributed by atoms with Crippen LogP contribution in [0.3, 0.4) is 0 Å². The van der Waals surface area contributed by atoms with Gasteiger partial charge in [-0.25, -0.2) is 0 Å². The van der Waals surface area contributed by atoms with Gasteiger partial charge in [0.1, 0.15) is 0 Å². The Morgan fingerprint density at radius 2 is 1.86 bits per heavy atom. The molecule has 0 saturated carbocycles. The van der Waals surface area contributed by atoms with E-state index in [2.05, 4.69) is 38.1 Å². The van der Waals surface area contributed by atoms with Crippen molar-refractivity contribution in [2.45, 2.75) is 13.8 Å². The van der Waals surface area contributed by atoms with Crippen LogP contribution in [-0.2, 0) is 0 Å². The molecule has 0 saturated heterocycles. The quantitative estimate of drug-likeness (QED) is 0.511. The zero-order valence-corrected chi connectivity index (χ0v) is 9.76. The fraction of sp³-hybridized carbons (Fsp3) is 0.167. The number of fused-ring (bicyclic) bond motifs is 3. The van der Waals surface area contributed by atoms with Crippen molar-refractivity contribution in [3.8, 4) is 0 Å². The summed E-state index contributed by atoms with van der Waals surface area (Å²) >= 11 is 3.83. The van der Waals surface area contributed by atoms with E-state index < -0.39 is 0 Å². The molecule has 0 aliphatic carbocycles. The molecule has 0 radical (unpaired) electrons. The second-order valence-electron chi connectivity index (χ2n) is 3.60. The van der Waals surface area contributed by atoms with Gasteiger partial charge in [0.15, 0.2) is 0 Å². The van der Waals surface area contributed by atoms with Crippen LogP contribution >= 0.6 is 22.7 Å². The topological polar surface area (TPSA) is 0 Å². The van der Waals surface area contributed by atoms with E-state index in [1.807, 2.05) is 22.7 Å². The summed E-state index contributed by atoms with van der Waals surface area (Å²) in [6.45, 7) is 4.37. The highest BCUT2D eigenvalue weighted by atomic mass is 32.1. The molecular formula is C12H10S2. The van der Waals surface area contributed by atoms with Crippen molar-refractivity contribution in [2.24, 2.45) is 0 Å². The predicted molar refractivity (Wildman–Crippen MR) is 66.7 cm³/mol. The summed E-state index contributed by atoms with van der Waals surface area (Å²) in [4.78, 5) is 1.41. The number of thiophene rings is 2. The third-order valence-corrected chi connectivity index (χ3v) is 4.99. The predicted octanol–water partition coefficient (Wildman–Crippen LogP) is 4.73. The van der Waals surface area contributed by atoms with Gasteiger partial charge in [-0.2, -0.15) is 0 Å². The second kappa shape index (κ2) is 2.81. The van der Waals surface area contributed by atoms with Crippen LogP contribution in [0.2, 0.25) is 0 Å². The Bertz CT molecular complexity index is 614. The highest BCUT2D eigenvalue weighted by Crippen LogP contribution is 2.40. The van der Waals surface area contributed by atoms with Gasteiger partial charge in [-0.1, -0.05) is 18.2 Å². The zero-order valence-electron chi connectivity index (χ0n) is 8.13. The summed E-state index contributed by atoms with van der Waals surface area (Å²) in [6, 6.07) is 8.87. The highest BCUT2D eigenvalue weighted by Gasteiger charge is 2.08. The number of aryl methyl sites for hydroxylation is 2. The Kier molecular flexibility index (Phi) is 1.70. The standard InChI is InChI=1S/C12H10S2/c1-7-4-3-5-9-11(7)14-10-6-8(2)13-12(9)10/h3-6H,1-2H3. The first-order valence-corrected chi connectivity index (χ1v) is 6.27. The van der Waals surface area contributed by atoms with Gasteiger partial charge in [0.25, 0.3) is 0 Å². The first kappa shape index (κ1) is 8.45. The summed E-state index contributed by atoms with van der Waals surface area (Å²) in [6.07, 6.45) is 0. The lowest BCUT2D eigenvalue weighted by atomic mass is 10.2. The molecule has 0 atom stereocenters. The van der Waals surface area contributed by atoms with Crippen molar-refractivity contribution in [1.29, 1.82) is 0 Å². The maximum atomic E-state index is 2.30. The lowest BCUT2D eigenvalue weighted by Gasteiger charge is -1.93. The van der Waals surface area contributed by atoms with Gasteiger partial charge < -0.3 is 0 Å². The van der Waals surface area contributed by atoms with Crippen LogP contribution in [0.5, 0.6) is 0 Å². The molecule has 0 aliphatic heterocycles. The molecule has 0 aliphatic rings. The van der Waals surface area contributed by atoms with E-state index in [9.17, 15) is 0 Å². The van der Waals surface area contributed by atoms with E-state index in [0.717, 1.165) is 0 Å². The first-order chi connectivity index (χ1) is 6.75. The van der Waals surface area contributed by atoms with Crippen molar-refractivity contribution in [1.82, 2.24) is 0 Å². The SMILES string of the molecule is Cc1cc2sc3c(C)cccc3c2s1. The minimum absolute atomic E-state index is 1.40. The molecule has 2 heteroatoms. The van der Waals surface area contributed by atoms with Gasteiger partial charge in [-0.3, -0.25) is 0 Å². The van der Waals surface area contributed by atoms with Crippen LogP contribution in [0, 0.1) is 13.8 Å². The van der Waals surface area contributed by atoms with Crippen molar-refractivity contribution < 1.29 is 0 Å². The Morgan fingerprint density at radius 3 is 2.71 bits per heavy atom. The molecule has 0 amide bonds. The van der Waals surface area contributed by atoms with Gasteiger partial charge in [0.2, 0.25) is 0 Å². The lowest BCUT2D eigenvalue weighted by Crippen LogP contribution is -1.68. The fourth-order valence-electron chi connectivity index (χ4n) is 1.83. The van der Waals surface area contributed by atoms with E-state index in [1.54, 1.807) is 0 Å². The summed E-state index contributed by atoms with van der Waals surface area (Å²) in [7, 11) is 0. The third kappa shape index (κ3) is 1.04. The monoisotopic (exact) mass is 218 g/mol. The summed E-state index contributed by atoms with van der Waals surface area (Å²) < 4.78 is 4.36. The fourth-order valence-corrected chi connectivity index (χ4v) is 4.33. The van der Waals surface area contributed by atoms with E-state index in [4.69, 9.17) is 0 Å². The summed E-state index contributed by atoms with van der Waals surface area (Å²) in [5.41, 5.74) is 1.40. The van der Waals surface area contributed by atoms with Gasteiger partial charge in [-0.15, -0.1) is 22.7 Å². The maximum absolute atomic E-state index is 2.30. The Hall–Kier alpha value is -0.860. The molecule has 3 aromatic rings. The molecule has 1 aromatic carbocycles. The van der Waals surface area contributed by atoms with Gasteiger partial charge >= 0.3 is 0 Å². The second-order valence-corrected chi connectivity index (χ2v) is 5.91. The van der Waals surface area contributed by atoms with E-state index in [-0.39, 0.29) is 0 Å². The highest BCUT2D eigenvalue weighted by molar-refractivity contribution is 7.32. The average molecular weight is 218 g/mol. The van der Waals surface area contributed by atoms with Crippen LogP contribution < -0.4 is 0 Å². The first-order valence-electron chi connectivity index (χ1n) is 4.64. The van der Waals surface area contributed by atoms with Crippen molar-refractivity contribution in [3.05, 3.63) is 34.7 Å². The van der Waals surface area contributed by atoms with Gasteiger partial charge in [0, 0.05) is 19.7 Å². The molecule has 0 fully saturated rings. The minimum Gasteiger partial charge on any atom is -0.139 e. The average Bonchev–Trinajstić information content (AvgIpc) is 2.63. The number of hydrogen-bond acceptors (Lipinski definition) is 2. The zero-order chi connectivity index (χ0) is 9.71. The van der Waals surface area contributed by atoms with Crippen LogP contribution in [0.1, 0.15) is 10.4 Å². The van der Waals surface area contributed by atoms with E-state index in [1.165, 1.54) is 29.9 Å². The number of hydrogen-bond donors (Lipinski definition) is 0. The lowest BCUT2D eigenvalue weighted by molar-refractivity contribution is 1.56. The van der Waals surface area contributed by atoms with Crippen LogP contribution in [0.4, 0.5) is 0 Å². The molecule has 3 rings (SSSR count). The molecule has 0 N–H and O–H groups in total. The Labute approximate surface area is 90.8 Å². The number of rotatable bonds is 0. The molecule has 0 nitrogen and oxygen atoms in total. The number of benzene rings is 1. The molecule has 2 aromatic heterocycles. The van der Waals surface area contributed by atoms with Crippen LogP contribution in [-0.4, -0.2) is 0 Å². The molecular weight excluding hydrogens is 208 g/mol. The smallest absolute Gasteiger partial charge is 0.0532 e. The molecule has 0 unspecified atom stereocenters. The summed E-state index contributed by atoms with van der Waals surface area (Å²) in [5, 5.41) is 1.43. The normalized spacial score (nSPS) is 11.6. The maximum Gasteiger partial charge on any atom is 0.0532 e. The molecule has 0 bridgehead atoms.